The molecule has 0 amide bonds. The van der Waals surface area contributed by atoms with Crippen molar-refractivity contribution in [2.45, 2.75) is 77.0 Å². The predicted molar refractivity (Wildman–Crippen MR) is 101 cm³/mol. The lowest BCUT2D eigenvalue weighted by molar-refractivity contribution is 0.171. The number of rotatable bonds is 5. The molecule has 2 aliphatic carbocycles. The Kier molecular flexibility index (Phi) is 6.83. The van der Waals surface area contributed by atoms with Crippen molar-refractivity contribution in [3.63, 3.8) is 0 Å². The minimum atomic E-state index is -1.35. The fourth-order valence-corrected chi connectivity index (χ4v) is 5.00. The number of halogens is 3. The van der Waals surface area contributed by atoms with Crippen molar-refractivity contribution < 1.29 is 13.2 Å². The average Bonchev–Trinajstić information content (AvgIpc) is 2.67. The first-order valence-electron chi connectivity index (χ1n) is 10.4. The first-order chi connectivity index (χ1) is 12.6. The Hall–Kier alpha value is -1.25. The SMILES string of the molecule is CCCC=CC1CCC(C2CCC(c3cc(F)c(F)c(F)c3)CC2)CC1. The van der Waals surface area contributed by atoms with Gasteiger partial charge in [-0.05, 0) is 99.2 Å². The molecular formula is C23H31F3. The van der Waals surface area contributed by atoms with Crippen LogP contribution in [0.4, 0.5) is 13.2 Å². The largest absolute Gasteiger partial charge is 0.204 e. The van der Waals surface area contributed by atoms with E-state index in [1.165, 1.54) is 50.7 Å². The van der Waals surface area contributed by atoms with Crippen LogP contribution in [-0.4, -0.2) is 0 Å². The fraction of sp³-hybridized carbons (Fsp3) is 0.652. The second kappa shape index (κ2) is 9.10. The van der Waals surface area contributed by atoms with Gasteiger partial charge in [-0.2, -0.15) is 0 Å². The summed E-state index contributed by atoms with van der Waals surface area (Å²) in [6, 6.07) is 2.38. The highest BCUT2D eigenvalue weighted by molar-refractivity contribution is 5.23. The van der Waals surface area contributed by atoms with Crippen LogP contribution in [0.3, 0.4) is 0 Å². The van der Waals surface area contributed by atoms with E-state index in [4.69, 9.17) is 0 Å². The number of benzene rings is 1. The summed E-state index contributed by atoms with van der Waals surface area (Å²) < 4.78 is 40.1. The zero-order chi connectivity index (χ0) is 18.5. The molecule has 0 saturated heterocycles. The topological polar surface area (TPSA) is 0 Å². The Morgan fingerprint density at radius 2 is 1.38 bits per heavy atom. The van der Waals surface area contributed by atoms with Crippen LogP contribution >= 0.6 is 0 Å². The number of unbranched alkanes of at least 4 members (excludes halogenated alkanes) is 1. The number of hydrogen-bond donors (Lipinski definition) is 0. The quantitative estimate of drug-likeness (QED) is 0.374. The summed E-state index contributed by atoms with van der Waals surface area (Å²) in [4.78, 5) is 0. The maximum atomic E-state index is 13.5. The molecule has 3 rings (SSSR count). The molecule has 26 heavy (non-hydrogen) atoms. The minimum Gasteiger partial charge on any atom is -0.204 e. The first-order valence-corrected chi connectivity index (χ1v) is 10.4. The van der Waals surface area contributed by atoms with Crippen LogP contribution in [0.1, 0.15) is 82.6 Å². The van der Waals surface area contributed by atoms with Gasteiger partial charge in [0.2, 0.25) is 0 Å². The molecule has 1 aromatic carbocycles. The van der Waals surface area contributed by atoms with Gasteiger partial charge in [0.1, 0.15) is 0 Å². The van der Waals surface area contributed by atoms with Crippen molar-refractivity contribution in [3.8, 4) is 0 Å². The molecule has 0 radical (unpaired) electrons. The summed E-state index contributed by atoms with van der Waals surface area (Å²) in [5, 5.41) is 0. The van der Waals surface area contributed by atoms with Crippen molar-refractivity contribution >= 4 is 0 Å². The third kappa shape index (κ3) is 4.72. The van der Waals surface area contributed by atoms with Gasteiger partial charge >= 0.3 is 0 Å². The molecule has 2 fully saturated rings. The molecule has 2 saturated carbocycles. The van der Waals surface area contributed by atoms with Crippen LogP contribution in [-0.2, 0) is 0 Å². The van der Waals surface area contributed by atoms with E-state index in [-0.39, 0.29) is 5.92 Å². The molecule has 0 aromatic heterocycles. The number of hydrogen-bond acceptors (Lipinski definition) is 0. The van der Waals surface area contributed by atoms with Crippen LogP contribution in [0.5, 0.6) is 0 Å². The van der Waals surface area contributed by atoms with Gasteiger partial charge in [0.25, 0.3) is 0 Å². The van der Waals surface area contributed by atoms with E-state index in [9.17, 15) is 13.2 Å². The number of allylic oxidation sites excluding steroid dienone is 2. The predicted octanol–water partition coefficient (Wildman–Crippen LogP) is 7.54. The van der Waals surface area contributed by atoms with Crippen molar-refractivity contribution in [2.24, 2.45) is 17.8 Å². The van der Waals surface area contributed by atoms with Gasteiger partial charge in [0.05, 0.1) is 0 Å². The maximum Gasteiger partial charge on any atom is 0.194 e. The molecule has 0 atom stereocenters. The standard InChI is InChI=1S/C23H31F3/c1-2-3-4-5-16-6-8-17(9-7-16)18-10-12-19(13-11-18)20-14-21(24)23(26)22(25)15-20/h4-5,14-19H,2-3,6-13H2,1H3. The zero-order valence-electron chi connectivity index (χ0n) is 15.8. The van der Waals surface area contributed by atoms with Crippen LogP contribution in [0, 0.1) is 35.2 Å². The van der Waals surface area contributed by atoms with E-state index in [1.54, 1.807) is 0 Å². The Morgan fingerprint density at radius 1 is 0.846 bits per heavy atom. The summed E-state index contributed by atoms with van der Waals surface area (Å²) in [6.45, 7) is 2.21. The lowest BCUT2D eigenvalue weighted by Gasteiger charge is -2.37. The van der Waals surface area contributed by atoms with Crippen LogP contribution in [0.2, 0.25) is 0 Å². The third-order valence-corrected chi connectivity index (χ3v) is 6.60. The van der Waals surface area contributed by atoms with Gasteiger partial charge in [-0.25, -0.2) is 13.2 Å². The first kappa shape index (κ1) is 19.5. The minimum absolute atomic E-state index is 0.171. The highest BCUT2D eigenvalue weighted by atomic mass is 19.2. The summed E-state index contributed by atoms with van der Waals surface area (Å²) in [6.07, 6.45) is 16.6. The zero-order valence-corrected chi connectivity index (χ0v) is 15.8. The van der Waals surface area contributed by atoms with Gasteiger partial charge in [-0.15, -0.1) is 0 Å². The Labute approximate surface area is 155 Å². The van der Waals surface area contributed by atoms with Crippen molar-refractivity contribution in [1.82, 2.24) is 0 Å². The van der Waals surface area contributed by atoms with Crippen LogP contribution < -0.4 is 0 Å². The van der Waals surface area contributed by atoms with E-state index in [0.717, 1.165) is 43.4 Å². The van der Waals surface area contributed by atoms with Crippen LogP contribution in [0.25, 0.3) is 0 Å². The highest BCUT2D eigenvalue weighted by Gasteiger charge is 2.31. The molecule has 2 aliphatic rings. The van der Waals surface area contributed by atoms with E-state index in [2.05, 4.69) is 19.1 Å². The molecule has 0 N–H and O–H groups in total. The van der Waals surface area contributed by atoms with E-state index in [1.807, 2.05) is 0 Å². The van der Waals surface area contributed by atoms with Crippen molar-refractivity contribution in [1.29, 1.82) is 0 Å². The van der Waals surface area contributed by atoms with Gasteiger partial charge in [-0.3, -0.25) is 0 Å². The summed E-state index contributed by atoms with van der Waals surface area (Å²) in [7, 11) is 0. The van der Waals surface area contributed by atoms with E-state index in [0.29, 0.717) is 5.56 Å². The Bertz CT molecular complexity index is 583. The monoisotopic (exact) mass is 364 g/mol. The molecule has 0 aliphatic heterocycles. The lowest BCUT2D eigenvalue weighted by atomic mass is 9.68. The molecule has 0 bridgehead atoms. The second-order valence-corrected chi connectivity index (χ2v) is 8.30. The van der Waals surface area contributed by atoms with Gasteiger partial charge < -0.3 is 0 Å². The second-order valence-electron chi connectivity index (χ2n) is 8.30. The molecule has 144 valence electrons. The summed E-state index contributed by atoms with van der Waals surface area (Å²) in [5.74, 6) is -0.973. The molecule has 1 aromatic rings. The Morgan fingerprint density at radius 3 is 1.92 bits per heavy atom. The molecule has 3 heteroatoms. The molecule has 0 spiro atoms. The van der Waals surface area contributed by atoms with Crippen molar-refractivity contribution in [3.05, 3.63) is 47.3 Å². The Balaban J connectivity index is 1.49. The van der Waals surface area contributed by atoms with Crippen molar-refractivity contribution in [2.75, 3.05) is 0 Å². The normalized spacial score (nSPS) is 30.0. The molecule has 0 heterocycles. The third-order valence-electron chi connectivity index (χ3n) is 6.60. The lowest BCUT2D eigenvalue weighted by Crippen LogP contribution is -2.25. The maximum absolute atomic E-state index is 13.5. The van der Waals surface area contributed by atoms with E-state index >= 15 is 0 Å². The smallest absolute Gasteiger partial charge is 0.194 e. The molecule has 0 nitrogen and oxygen atoms in total. The molecule has 0 unspecified atom stereocenters. The fourth-order valence-electron chi connectivity index (χ4n) is 5.00. The van der Waals surface area contributed by atoms with Crippen LogP contribution in [0.15, 0.2) is 24.3 Å². The molecular weight excluding hydrogens is 333 g/mol. The summed E-state index contributed by atoms with van der Waals surface area (Å²) >= 11 is 0. The van der Waals surface area contributed by atoms with Gasteiger partial charge in [0.15, 0.2) is 17.5 Å². The van der Waals surface area contributed by atoms with E-state index < -0.39 is 17.5 Å². The summed E-state index contributed by atoms with van der Waals surface area (Å²) in [5.41, 5.74) is 0.629. The highest BCUT2D eigenvalue weighted by Crippen LogP contribution is 2.44. The van der Waals surface area contributed by atoms with Gasteiger partial charge in [-0.1, -0.05) is 25.5 Å². The van der Waals surface area contributed by atoms with Gasteiger partial charge in [0, 0.05) is 0 Å². The average molecular weight is 364 g/mol.